The molecule has 44 heavy (non-hydrogen) atoms. The predicted molar refractivity (Wildman–Crippen MR) is 192 cm³/mol. The van der Waals surface area contributed by atoms with Gasteiger partial charge in [0, 0.05) is 0 Å². The number of fused-ring (bicyclic) bond motifs is 3. The van der Waals surface area contributed by atoms with Gasteiger partial charge in [-0.3, -0.25) is 0 Å². The molecule has 0 fully saturated rings. The van der Waals surface area contributed by atoms with Crippen molar-refractivity contribution in [3.63, 3.8) is 0 Å². The van der Waals surface area contributed by atoms with Crippen LogP contribution in [0.3, 0.4) is 0 Å². The van der Waals surface area contributed by atoms with Crippen LogP contribution in [0.5, 0.6) is 0 Å². The molecule has 0 bridgehead atoms. The number of aryl methyl sites for hydroxylation is 1. The average Bonchev–Trinajstić information content (AvgIpc) is 3.06. The molecule has 0 aliphatic heterocycles. The van der Waals surface area contributed by atoms with E-state index in [-0.39, 0.29) is 0 Å². The number of allylic oxidation sites excluding steroid dienone is 3. The summed E-state index contributed by atoms with van der Waals surface area (Å²) in [5.74, 6) is 0. The molecule has 0 radical (unpaired) electrons. The van der Waals surface area contributed by atoms with Crippen molar-refractivity contribution in [3.8, 4) is 33.4 Å². The van der Waals surface area contributed by atoms with Gasteiger partial charge in [-0.1, -0.05) is 133 Å². The van der Waals surface area contributed by atoms with E-state index in [0.29, 0.717) is 0 Å². The first-order valence-corrected chi connectivity index (χ1v) is 15.2. The Bertz CT molecular complexity index is 2200. The van der Waals surface area contributed by atoms with E-state index < -0.39 is 0 Å². The maximum Gasteiger partial charge on any atom is -0.00201 e. The lowest BCUT2D eigenvalue weighted by atomic mass is 9.83. The molecule has 7 rings (SSSR count). The van der Waals surface area contributed by atoms with Crippen LogP contribution in [-0.2, 0) is 0 Å². The molecule has 0 aliphatic rings. The maximum absolute atomic E-state index is 5.85. The Labute approximate surface area is 259 Å². The minimum absolute atomic E-state index is 1.15. The summed E-state index contributed by atoms with van der Waals surface area (Å²) in [6, 6.07) is 48.8. The quantitative estimate of drug-likeness (QED) is 0.163. The summed E-state index contributed by atoms with van der Waals surface area (Å²) in [5, 5.41) is 7.54. The molecule has 2 N–H and O–H groups in total. The fourth-order valence-electron chi connectivity index (χ4n) is 6.86. The van der Waals surface area contributed by atoms with Gasteiger partial charge in [0.1, 0.15) is 0 Å². The topological polar surface area (TPSA) is 26.0 Å². The largest absolute Gasteiger partial charge is 0.405 e. The van der Waals surface area contributed by atoms with Gasteiger partial charge in [-0.25, -0.2) is 0 Å². The summed E-state index contributed by atoms with van der Waals surface area (Å²) in [5.41, 5.74) is 18.2. The number of hydrogen-bond acceptors (Lipinski definition) is 1. The summed E-state index contributed by atoms with van der Waals surface area (Å²) in [7, 11) is 0. The van der Waals surface area contributed by atoms with Crippen molar-refractivity contribution in [3.05, 3.63) is 162 Å². The van der Waals surface area contributed by atoms with E-state index in [1.54, 1.807) is 6.20 Å². The smallest absolute Gasteiger partial charge is 0.00201 e. The van der Waals surface area contributed by atoms with Crippen molar-refractivity contribution >= 4 is 37.9 Å². The third-order valence-corrected chi connectivity index (χ3v) is 8.82. The van der Waals surface area contributed by atoms with Crippen LogP contribution in [0.2, 0.25) is 0 Å². The lowest BCUT2D eigenvalue weighted by molar-refractivity contribution is 1.39. The normalized spacial score (nSPS) is 11.5. The standard InChI is InChI=1S/C43H35N/c1-28(2)32(25-26-44)30-14-10-15-31(27-30)42-38-17-6-8-19-40(38)43(41-20-9-7-18-39(41)42)37-24-12-22-35-34(21-11-23-36(35)37)33-16-5-4-13-29(33)3/h4-27H,44H2,1-3H3/b26-25-. The summed E-state index contributed by atoms with van der Waals surface area (Å²) < 4.78 is 0. The minimum Gasteiger partial charge on any atom is -0.405 e. The van der Waals surface area contributed by atoms with Crippen LogP contribution in [0, 0.1) is 6.92 Å². The van der Waals surface area contributed by atoms with Crippen molar-refractivity contribution in [1.82, 2.24) is 0 Å². The molecule has 7 aromatic carbocycles. The summed E-state index contributed by atoms with van der Waals surface area (Å²) in [6.45, 7) is 6.46. The molecule has 1 heteroatoms. The molecule has 0 spiro atoms. The highest BCUT2D eigenvalue weighted by Gasteiger charge is 2.19. The zero-order valence-electron chi connectivity index (χ0n) is 25.4. The molecule has 0 aromatic heterocycles. The van der Waals surface area contributed by atoms with E-state index in [1.165, 1.54) is 82.4 Å². The number of rotatable bonds is 5. The van der Waals surface area contributed by atoms with Crippen LogP contribution in [0.15, 0.2) is 151 Å². The maximum atomic E-state index is 5.85. The van der Waals surface area contributed by atoms with Gasteiger partial charge in [0.15, 0.2) is 0 Å². The van der Waals surface area contributed by atoms with Crippen LogP contribution in [-0.4, -0.2) is 0 Å². The monoisotopic (exact) mass is 565 g/mol. The van der Waals surface area contributed by atoms with Gasteiger partial charge in [-0.2, -0.15) is 0 Å². The van der Waals surface area contributed by atoms with Gasteiger partial charge in [0.25, 0.3) is 0 Å². The Morgan fingerprint density at radius 3 is 1.61 bits per heavy atom. The van der Waals surface area contributed by atoms with E-state index in [1.807, 2.05) is 6.08 Å². The zero-order chi connectivity index (χ0) is 30.2. The first-order valence-electron chi connectivity index (χ1n) is 15.2. The number of benzene rings is 7. The Hall–Kier alpha value is -5.40. The first-order chi connectivity index (χ1) is 21.6. The zero-order valence-corrected chi connectivity index (χ0v) is 25.4. The average molecular weight is 566 g/mol. The lowest BCUT2D eigenvalue weighted by Crippen LogP contribution is -1.93. The number of hydrogen-bond donors (Lipinski definition) is 1. The third-order valence-electron chi connectivity index (χ3n) is 8.82. The van der Waals surface area contributed by atoms with Gasteiger partial charge in [0.05, 0.1) is 0 Å². The summed E-state index contributed by atoms with van der Waals surface area (Å²) >= 11 is 0. The third kappa shape index (κ3) is 4.58. The van der Waals surface area contributed by atoms with Crippen molar-refractivity contribution in [2.45, 2.75) is 20.8 Å². The summed E-state index contributed by atoms with van der Waals surface area (Å²) in [6.07, 6.45) is 3.63. The molecule has 0 heterocycles. The molecule has 0 saturated carbocycles. The SMILES string of the molecule is CC(C)=C(/C=C\N)c1cccc(-c2c3ccccc3c(-c3cccc4c(-c5ccccc5C)cccc34)c3ccccc23)c1. The van der Waals surface area contributed by atoms with E-state index in [2.05, 4.69) is 154 Å². The van der Waals surface area contributed by atoms with Crippen molar-refractivity contribution in [2.24, 2.45) is 5.73 Å². The van der Waals surface area contributed by atoms with Gasteiger partial charge < -0.3 is 5.73 Å². The minimum atomic E-state index is 1.15. The summed E-state index contributed by atoms with van der Waals surface area (Å²) in [4.78, 5) is 0. The highest BCUT2D eigenvalue weighted by molar-refractivity contribution is 6.24. The van der Waals surface area contributed by atoms with Gasteiger partial charge in [-0.05, 0) is 122 Å². The molecule has 0 aliphatic carbocycles. The second-order valence-electron chi connectivity index (χ2n) is 11.7. The Morgan fingerprint density at radius 2 is 1.00 bits per heavy atom. The van der Waals surface area contributed by atoms with Crippen molar-refractivity contribution in [1.29, 1.82) is 0 Å². The van der Waals surface area contributed by atoms with E-state index in [0.717, 1.165) is 5.57 Å². The second-order valence-corrected chi connectivity index (χ2v) is 11.7. The highest BCUT2D eigenvalue weighted by Crippen LogP contribution is 2.46. The van der Waals surface area contributed by atoms with Crippen LogP contribution < -0.4 is 5.73 Å². The van der Waals surface area contributed by atoms with Gasteiger partial charge in [0.2, 0.25) is 0 Å². The molecule has 0 saturated heterocycles. The lowest BCUT2D eigenvalue weighted by Gasteiger charge is -2.20. The van der Waals surface area contributed by atoms with Gasteiger partial charge >= 0.3 is 0 Å². The predicted octanol–water partition coefficient (Wildman–Crippen LogP) is 11.7. The van der Waals surface area contributed by atoms with E-state index in [4.69, 9.17) is 5.73 Å². The molecular weight excluding hydrogens is 530 g/mol. The van der Waals surface area contributed by atoms with Crippen LogP contribution in [0.4, 0.5) is 0 Å². The second kappa shape index (κ2) is 11.4. The Balaban J connectivity index is 1.55. The molecule has 7 aromatic rings. The molecule has 1 nitrogen and oxygen atoms in total. The molecule has 212 valence electrons. The highest BCUT2D eigenvalue weighted by atomic mass is 14.5. The van der Waals surface area contributed by atoms with Crippen molar-refractivity contribution < 1.29 is 0 Å². The van der Waals surface area contributed by atoms with E-state index in [9.17, 15) is 0 Å². The molecule has 0 unspecified atom stereocenters. The van der Waals surface area contributed by atoms with Crippen molar-refractivity contribution in [2.75, 3.05) is 0 Å². The Morgan fingerprint density at radius 1 is 0.500 bits per heavy atom. The number of nitrogens with two attached hydrogens (primary N) is 1. The van der Waals surface area contributed by atoms with Crippen LogP contribution in [0.1, 0.15) is 25.0 Å². The molecular formula is C43H35N. The molecule has 0 amide bonds. The van der Waals surface area contributed by atoms with E-state index >= 15 is 0 Å². The molecule has 0 atom stereocenters. The van der Waals surface area contributed by atoms with Crippen LogP contribution in [0.25, 0.3) is 71.3 Å². The first kappa shape index (κ1) is 27.4. The fourth-order valence-corrected chi connectivity index (χ4v) is 6.86. The fraction of sp³-hybridized carbons (Fsp3) is 0.0698. The Kier molecular flexibility index (Phi) is 7.08. The van der Waals surface area contributed by atoms with Gasteiger partial charge in [-0.15, -0.1) is 0 Å². The van der Waals surface area contributed by atoms with Crippen LogP contribution >= 0.6 is 0 Å².